The lowest BCUT2D eigenvalue weighted by atomic mass is 9.96. The van der Waals surface area contributed by atoms with Crippen molar-refractivity contribution in [2.45, 2.75) is 32.7 Å². The number of hydrogen-bond acceptors (Lipinski definition) is 3. The minimum atomic E-state index is -0.536. The van der Waals surface area contributed by atoms with E-state index in [1.807, 2.05) is 16.7 Å². The maximum atomic E-state index is 12.5. The first kappa shape index (κ1) is 12.9. The van der Waals surface area contributed by atoms with Gasteiger partial charge in [0, 0.05) is 17.6 Å². The highest BCUT2D eigenvalue weighted by Crippen LogP contribution is 2.29. The fourth-order valence-electron chi connectivity index (χ4n) is 2.89. The SMILES string of the molecule is CCOC(=O)c1cn2c3c(cccc3c1=O)CC[C@H]2C. The third-order valence-electron chi connectivity index (χ3n) is 3.94. The lowest BCUT2D eigenvalue weighted by molar-refractivity contribution is 0.0524. The number of benzene rings is 1. The number of carbonyl (C=O) groups excluding carboxylic acids is 1. The molecule has 0 saturated carbocycles. The Kier molecular flexibility index (Phi) is 3.08. The molecule has 1 aromatic heterocycles. The van der Waals surface area contributed by atoms with Crippen molar-refractivity contribution in [1.29, 1.82) is 0 Å². The molecule has 3 rings (SSSR count). The van der Waals surface area contributed by atoms with E-state index in [1.165, 1.54) is 5.56 Å². The van der Waals surface area contributed by atoms with Crippen molar-refractivity contribution in [3.8, 4) is 0 Å². The largest absolute Gasteiger partial charge is 0.462 e. The molecule has 1 atom stereocenters. The number of ether oxygens (including phenoxy) is 1. The van der Waals surface area contributed by atoms with Gasteiger partial charge in [-0.3, -0.25) is 4.79 Å². The molecule has 2 aromatic rings. The second-order valence-electron chi connectivity index (χ2n) is 5.20. The number of hydrogen-bond donors (Lipinski definition) is 0. The number of esters is 1. The molecule has 0 saturated heterocycles. The number of nitrogens with zero attached hydrogens (tertiary/aromatic N) is 1. The van der Waals surface area contributed by atoms with E-state index in [-0.39, 0.29) is 23.6 Å². The molecule has 1 aliphatic rings. The monoisotopic (exact) mass is 271 g/mol. The van der Waals surface area contributed by atoms with Crippen LogP contribution in [-0.4, -0.2) is 17.1 Å². The van der Waals surface area contributed by atoms with Crippen LogP contribution >= 0.6 is 0 Å². The summed E-state index contributed by atoms with van der Waals surface area (Å²) in [7, 11) is 0. The summed E-state index contributed by atoms with van der Waals surface area (Å²) < 4.78 is 7.03. The first-order valence-corrected chi connectivity index (χ1v) is 6.97. The smallest absolute Gasteiger partial charge is 0.343 e. The van der Waals surface area contributed by atoms with E-state index >= 15 is 0 Å². The lowest BCUT2D eigenvalue weighted by Crippen LogP contribution is -2.24. The summed E-state index contributed by atoms with van der Waals surface area (Å²) in [6, 6.07) is 6.00. The first-order valence-electron chi connectivity index (χ1n) is 6.97. The van der Waals surface area contributed by atoms with Crippen molar-refractivity contribution >= 4 is 16.9 Å². The number of carbonyl (C=O) groups is 1. The topological polar surface area (TPSA) is 48.3 Å². The molecular formula is C16H17NO3. The lowest BCUT2D eigenvalue weighted by Gasteiger charge is -2.26. The normalized spacial score (nSPS) is 17.2. The molecule has 0 spiro atoms. The van der Waals surface area contributed by atoms with Crippen LogP contribution in [0.5, 0.6) is 0 Å². The van der Waals surface area contributed by atoms with Crippen LogP contribution in [0.4, 0.5) is 0 Å². The highest BCUT2D eigenvalue weighted by Gasteiger charge is 2.22. The molecule has 1 aliphatic heterocycles. The second-order valence-corrected chi connectivity index (χ2v) is 5.20. The molecule has 4 nitrogen and oxygen atoms in total. The van der Waals surface area contributed by atoms with Crippen molar-refractivity contribution in [3.05, 3.63) is 45.7 Å². The Morgan fingerprint density at radius 1 is 1.45 bits per heavy atom. The molecule has 0 unspecified atom stereocenters. The van der Waals surface area contributed by atoms with Crippen LogP contribution in [0.25, 0.3) is 10.9 Å². The third kappa shape index (κ3) is 1.83. The number of pyridine rings is 1. The molecular weight excluding hydrogens is 254 g/mol. The van der Waals surface area contributed by atoms with Crippen molar-refractivity contribution in [2.24, 2.45) is 0 Å². The number of rotatable bonds is 2. The van der Waals surface area contributed by atoms with Crippen LogP contribution in [0.15, 0.2) is 29.2 Å². The summed E-state index contributed by atoms with van der Waals surface area (Å²) in [4.78, 5) is 24.4. The molecule has 0 fully saturated rings. The zero-order valence-corrected chi connectivity index (χ0v) is 11.7. The van der Waals surface area contributed by atoms with Gasteiger partial charge in [0.1, 0.15) is 5.56 Å². The molecule has 0 aliphatic carbocycles. The summed E-state index contributed by atoms with van der Waals surface area (Å²) in [5, 5.41) is 0.611. The van der Waals surface area contributed by atoms with Gasteiger partial charge in [-0.25, -0.2) is 4.79 Å². The molecule has 2 heterocycles. The molecule has 0 amide bonds. The third-order valence-corrected chi connectivity index (χ3v) is 3.94. The molecule has 0 bridgehead atoms. The van der Waals surface area contributed by atoms with Crippen molar-refractivity contribution < 1.29 is 9.53 Å². The van der Waals surface area contributed by atoms with Gasteiger partial charge in [-0.1, -0.05) is 12.1 Å². The molecule has 0 radical (unpaired) electrons. The van der Waals surface area contributed by atoms with Crippen LogP contribution in [0, 0.1) is 0 Å². The van der Waals surface area contributed by atoms with Gasteiger partial charge in [0.25, 0.3) is 0 Å². The van der Waals surface area contributed by atoms with Crippen molar-refractivity contribution in [3.63, 3.8) is 0 Å². The number of aromatic nitrogens is 1. The van der Waals surface area contributed by atoms with Gasteiger partial charge in [-0.2, -0.15) is 0 Å². The summed E-state index contributed by atoms with van der Waals surface area (Å²) >= 11 is 0. The Bertz CT molecular complexity index is 745. The maximum absolute atomic E-state index is 12.5. The second kappa shape index (κ2) is 4.78. The minimum Gasteiger partial charge on any atom is -0.462 e. The van der Waals surface area contributed by atoms with Crippen LogP contribution in [-0.2, 0) is 11.2 Å². The summed E-state index contributed by atoms with van der Waals surface area (Å²) in [6.45, 7) is 4.11. The molecule has 4 heteroatoms. The van der Waals surface area contributed by atoms with Crippen molar-refractivity contribution in [2.75, 3.05) is 6.61 Å². The predicted octanol–water partition coefficient (Wildman–Crippen LogP) is 2.69. The Hall–Kier alpha value is -2.10. The van der Waals surface area contributed by atoms with E-state index in [1.54, 1.807) is 19.2 Å². The van der Waals surface area contributed by atoms with Crippen LogP contribution < -0.4 is 5.43 Å². The van der Waals surface area contributed by atoms with E-state index in [4.69, 9.17) is 4.74 Å². The highest BCUT2D eigenvalue weighted by atomic mass is 16.5. The fraction of sp³-hybridized carbons (Fsp3) is 0.375. The Morgan fingerprint density at radius 3 is 3.00 bits per heavy atom. The quantitative estimate of drug-likeness (QED) is 0.789. The van der Waals surface area contributed by atoms with Crippen LogP contribution in [0.1, 0.15) is 42.2 Å². The zero-order chi connectivity index (χ0) is 14.3. The van der Waals surface area contributed by atoms with E-state index in [0.29, 0.717) is 5.39 Å². The van der Waals surface area contributed by atoms with E-state index in [2.05, 4.69) is 6.92 Å². The number of aryl methyl sites for hydroxylation is 1. The maximum Gasteiger partial charge on any atom is 0.343 e. The molecule has 104 valence electrons. The van der Waals surface area contributed by atoms with E-state index < -0.39 is 5.97 Å². The summed E-state index contributed by atoms with van der Waals surface area (Å²) in [6.07, 6.45) is 3.64. The summed E-state index contributed by atoms with van der Waals surface area (Å²) in [5.41, 5.74) is 2.04. The van der Waals surface area contributed by atoms with Gasteiger partial charge in [0.15, 0.2) is 0 Å². The van der Waals surface area contributed by atoms with Gasteiger partial charge in [0.05, 0.1) is 12.1 Å². The van der Waals surface area contributed by atoms with Gasteiger partial charge in [-0.05, 0) is 38.3 Å². The first-order chi connectivity index (χ1) is 9.63. The Morgan fingerprint density at radius 2 is 2.25 bits per heavy atom. The summed E-state index contributed by atoms with van der Waals surface area (Å²) in [5.74, 6) is -0.536. The zero-order valence-electron chi connectivity index (χ0n) is 11.7. The van der Waals surface area contributed by atoms with Crippen LogP contribution in [0.2, 0.25) is 0 Å². The molecule has 1 aromatic carbocycles. The Balaban J connectivity index is 2.34. The average molecular weight is 271 g/mol. The average Bonchev–Trinajstić information content (AvgIpc) is 2.45. The fourth-order valence-corrected chi connectivity index (χ4v) is 2.89. The molecule has 0 N–H and O–H groups in total. The van der Waals surface area contributed by atoms with Crippen molar-refractivity contribution in [1.82, 2.24) is 4.57 Å². The predicted molar refractivity (Wildman–Crippen MR) is 77.2 cm³/mol. The highest BCUT2D eigenvalue weighted by molar-refractivity contribution is 5.94. The molecule has 20 heavy (non-hydrogen) atoms. The van der Waals surface area contributed by atoms with Gasteiger partial charge in [0.2, 0.25) is 5.43 Å². The minimum absolute atomic E-state index is 0.130. The van der Waals surface area contributed by atoms with Gasteiger partial charge < -0.3 is 9.30 Å². The van der Waals surface area contributed by atoms with E-state index in [9.17, 15) is 9.59 Å². The Labute approximate surface area is 117 Å². The standard InChI is InChI=1S/C16H17NO3/c1-3-20-16(19)13-9-17-10(2)7-8-11-5-4-6-12(14(11)17)15(13)18/h4-6,9-10H,3,7-8H2,1-2H3/t10-/m1/s1. The van der Waals surface area contributed by atoms with E-state index in [0.717, 1.165) is 18.4 Å². The number of para-hydroxylation sites is 1. The van der Waals surface area contributed by atoms with Crippen LogP contribution in [0.3, 0.4) is 0 Å². The van der Waals surface area contributed by atoms with Gasteiger partial charge >= 0.3 is 5.97 Å². The van der Waals surface area contributed by atoms with Gasteiger partial charge in [-0.15, -0.1) is 0 Å².